The summed E-state index contributed by atoms with van der Waals surface area (Å²) < 4.78 is 0. The number of rotatable bonds is 0. The summed E-state index contributed by atoms with van der Waals surface area (Å²) >= 11 is 0. The molecular formula is C2H2KNO4. The molecule has 0 bridgehead atoms. The third kappa shape index (κ3) is 4.69. The molecule has 0 rings (SSSR count). The summed E-state index contributed by atoms with van der Waals surface area (Å²) in [5.74, 6) is 0.591. The van der Waals surface area contributed by atoms with Crippen LogP contribution in [0, 0.1) is 0 Å². The first-order valence-electron chi connectivity index (χ1n) is 1.30. The predicted octanol–water partition coefficient (Wildman–Crippen LogP) is -5.84. The van der Waals surface area contributed by atoms with Crippen molar-refractivity contribution in [2.45, 2.75) is 0 Å². The summed E-state index contributed by atoms with van der Waals surface area (Å²) in [6.07, 6.45) is 0. The van der Waals surface area contributed by atoms with E-state index in [1.165, 1.54) is 0 Å². The first-order valence-corrected chi connectivity index (χ1v) is 1.30. The molecule has 6 heteroatoms. The van der Waals surface area contributed by atoms with Gasteiger partial charge in [0, 0.05) is 0 Å². The predicted molar refractivity (Wildman–Crippen MR) is 15.3 cm³/mol. The minimum Gasteiger partial charge on any atom is -0.539 e. The largest absolute Gasteiger partial charge is 1.00 e. The third-order valence-corrected chi connectivity index (χ3v) is 0.274. The van der Waals surface area contributed by atoms with E-state index in [0.29, 0.717) is 0 Å². The number of carbonyl (C=O) groups is 2. The van der Waals surface area contributed by atoms with Crippen LogP contribution in [-0.2, 0) is 14.4 Å². The van der Waals surface area contributed by atoms with E-state index < -0.39 is 11.9 Å². The topological polar surface area (TPSA) is 92.5 Å². The molecule has 0 saturated carbocycles. The number of carboxylic acid groups (broad SMARTS) is 1. The maximum atomic E-state index is 9.50. The zero-order chi connectivity index (χ0) is 5.86. The Bertz CT molecular complexity index is 102. The molecule has 0 amide bonds. The molecule has 0 aliphatic heterocycles. The minimum atomic E-state index is -1.94. The van der Waals surface area contributed by atoms with Gasteiger partial charge in [-0.2, -0.15) is 5.90 Å². The van der Waals surface area contributed by atoms with E-state index in [4.69, 9.17) is 0 Å². The van der Waals surface area contributed by atoms with Crippen LogP contribution in [0.5, 0.6) is 0 Å². The quantitative estimate of drug-likeness (QED) is 0.207. The number of carboxylic acids is 1. The summed E-state index contributed by atoms with van der Waals surface area (Å²) in [4.78, 5) is 22.0. The SMILES string of the molecule is NOC(=O)C(=O)[O-].[K+]. The van der Waals surface area contributed by atoms with Crippen molar-refractivity contribution in [1.29, 1.82) is 0 Å². The van der Waals surface area contributed by atoms with Gasteiger partial charge in [-0.1, -0.05) is 0 Å². The van der Waals surface area contributed by atoms with E-state index in [1.54, 1.807) is 0 Å². The van der Waals surface area contributed by atoms with Crippen molar-refractivity contribution >= 4 is 11.9 Å². The molecular weight excluding hydrogens is 141 g/mol. The van der Waals surface area contributed by atoms with Gasteiger partial charge in [-0.05, 0) is 0 Å². The first kappa shape index (κ1) is 11.3. The Morgan fingerprint density at radius 2 is 1.88 bits per heavy atom. The molecule has 0 fully saturated rings. The molecule has 0 aliphatic rings. The van der Waals surface area contributed by atoms with E-state index >= 15 is 0 Å². The zero-order valence-electron chi connectivity index (χ0n) is 4.21. The van der Waals surface area contributed by atoms with Gasteiger partial charge >= 0.3 is 57.4 Å². The molecule has 0 spiro atoms. The second-order valence-electron chi connectivity index (χ2n) is 0.693. The molecule has 0 aromatic heterocycles. The van der Waals surface area contributed by atoms with Crippen LogP contribution in [0.4, 0.5) is 0 Å². The number of carbonyl (C=O) groups excluding carboxylic acids is 2. The van der Waals surface area contributed by atoms with E-state index in [0.717, 1.165) is 0 Å². The van der Waals surface area contributed by atoms with Crippen LogP contribution in [0.1, 0.15) is 0 Å². The molecule has 0 aliphatic carbocycles. The van der Waals surface area contributed by atoms with Crippen LogP contribution in [0.25, 0.3) is 0 Å². The van der Waals surface area contributed by atoms with Gasteiger partial charge < -0.3 is 14.7 Å². The van der Waals surface area contributed by atoms with Crippen molar-refractivity contribution in [3.63, 3.8) is 0 Å². The van der Waals surface area contributed by atoms with Gasteiger partial charge in [-0.3, -0.25) is 0 Å². The standard InChI is InChI=1S/C2H3NO4.K/c3-7-2(6)1(4)5;/h3H2,(H,4,5);/q;+1/p-1. The van der Waals surface area contributed by atoms with E-state index in [2.05, 4.69) is 10.7 Å². The van der Waals surface area contributed by atoms with Gasteiger partial charge in [-0.15, -0.1) is 0 Å². The third-order valence-electron chi connectivity index (χ3n) is 0.274. The Kier molecular flexibility index (Phi) is 8.04. The molecule has 0 unspecified atom stereocenters. The molecule has 0 aromatic rings. The second-order valence-corrected chi connectivity index (χ2v) is 0.693. The van der Waals surface area contributed by atoms with Crippen molar-refractivity contribution in [1.82, 2.24) is 0 Å². The van der Waals surface area contributed by atoms with Gasteiger partial charge in [0.15, 0.2) is 5.97 Å². The molecule has 0 heterocycles. The average molecular weight is 143 g/mol. The normalized spacial score (nSPS) is 6.62. The van der Waals surface area contributed by atoms with Gasteiger partial charge in [0.1, 0.15) is 0 Å². The van der Waals surface area contributed by atoms with E-state index in [9.17, 15) is 14.7 Å². The fourth-order valence-electron chi connectivity index (χ4n) is 0.0481. The fraction of sp³-hybridized carbons (Fsp3) is 0. The van der Waals surface area contributed by atoms with Crippen molar-refractivity contribution in [2.75, 3.05) is 0 Å². The minimum absolute atomic E-state index is 0. The van der Waals surface area contributed by atoms with E-state index in [1.807, 2.05) is 0 Å². The molecule has 5 nitrogen and oxygen atoms in total. The second kappa shape index (κ2) is 5.67. The van der Waals surface area contributed by atoms with E-state index in [-0.39, 0.29) is 51.4 Å². The van der Waals surface area contributed by atoms with Crippen LogP contribution in [-0.4, -0.2) is 11.9 Å². The number of hydrogen-bond donors (Lipinski definition) is 1. The van der Waals surface area contributed by atoms with Gasteiger partial charge in [0.25, 0.3) is 0 Å². The Hall–Kier alpha value is 0.536. The Labute approximate surface area is 87.6 Å². The van der Waals surface area contributed by atoms with Crippen molar-refractivity contribution in [3.05, 3.63) is 0 Å². The first-order chi connectivity index (χ1) is 3.18. The average Bonchev–Trinajstić information content (AvgIpc) is 1.65. The monoisotopic (exact) mass is 143 g/mol. The maximum absolute atomic E-state index is 9.50. The summed E-state index contributed by atoms with van der Waals surface area (Å²) in [5, 5.41) is 9.26. The zero-order valence-corrected chi connectivity index (χ0v) is 7.33. The van der Waals surface area contributed by atoms with Gasteiger partial charge in [0.2, 0.25) is 0 Å². The molecule has 8 heavy (non-hydrogen) atoms. The molecule has 2 N–H and O–H groups in total. The fourth-order valence-corrected chi connectivity index (χ4v) is 0.0481. The summed E-state index contributed by atoms with van der Waals surface area (Å²) in [6.45, 7) is 0. The van der Waals surface area contributed by atoms with Gasteiger partial charge in [-0.25, -0.2) is 4.79 Å². The Morgan fingerprint density at radius 3 is 1.88 bits per heavy atom. The smallest absolute Gasteiger partial charge is 0.539 e. The van der Waals surface area contributed by atoms with Crippen LogP contribution in [0.15, 0.2) is 0 Å². The van der Waals surface area contributed by atoms with Crippen LogP contribution in [0.3, 0.4) is 0 Å². The molecule has 0 aromatic carbocycles. The summed E-state index contributed by atoms with van der Waals surface area (Å²) in [6, 6.07) is 0. The van der Waals surface area contributed by atoms with Crippen LogP contribution < -0.4 is 62.4 Å². The maximum Gasteiger partial charge on any atom is 1.00 e. The van der Waals surface area contributed by atoms with Crippen molar-refractivity contribution < 1.29 is 70.9 Å². The summed E-state index contributed by atoms with van der Waals surface area (Å²) in [5.41, 5.74) is 0. The van der Waals surface area contributed by atoms with Gasteiger partial charge in [0.05, 0.1) is 0 Å². The number of nitrogens with two attached hydrogens (primary N) is 1. The number of aliphatic carboxylic acids is 1. The molecule has 0 radical (unpaired) electrons. The van der Waals surface area contributed by atoms with Crippen LogP contribution in [0.2, 0.25) is 0 Å². The Morgan fingerprint density at radius 1 is 1.50 bits per heavy atom. The summed E-state index contributed by atoms with van der Waals surface area (Å²) in [7, 11) is 0. The van der Waals surface area contributed by atoms with Crippen LogP contribution >= 0.6 is 0 Å². The van der Waals surface area contributed by atoms with Crippen molar-refractivity contribution in [2.24, 2.45) is 5.90 Å². The Balaban J connectivity index is 0. The number of hydrogen-bond acceptors (Lipinski definition) is 5. The molecule has 0 saturated heterocycles. The van der Waals surface area contributed by atoms with Crippen molar-refractivity contribution in [3.8, 4) is 0 Å². The molecule has 40 valence electrons. The molecule has 0 atom stereocenters.